The maximum absolute atomic E-state index is 13.6. The van der Waals surface area contributed by atoms with Crippen molar-refractivity contribution in [2.75, 3.05) is 6.61 Å². The standard InChI is InChI=1S/C31H28FO3S/c1-20-16-25(36-15-14-27-26-11-6-5-8-22(26)12-13-28(27)36)17-21(2)30(20)34-19-29(33)35-31(3,4)23-9-7-10-24(32)18-23/h5-18H,19H2,1-4H3/q+1. The highest BCUT2D eigenvalue weighted by atomic mass is 32.2. The van der Waals surface area contributed by atoms with Gasteiger partial charge in [-0.2, -0.15) is 0 Å². The van der Waals surface area contributed by atoms with Crippen molar-refractivity contribution < 1.29 is 18.7 Å². The van der Waals surface area contributed by atoms with Gasteiger partial charge >= 0.3 is 5.97 Å². The number of hydrogen-bond donors (Lipinski definition) is 0. The molecule has 0 radical (unpaired) electrons. The second kappa shape index (κ2) is 9.40. The summed E-state index contributed by atoms with van der Waals surface area (Å²) in [5.74, 6) is -0.189. The Hall–Kier alpha value is -3.70. The number of carbonyl (C=O) groups is 1. The van der Waals surface area contributed by atoms with E-state index in [-0.39, 0.29) is 22.9 Å². The van der Waals surface area contributed by atoms with Gasteiger partial charge in [0.1, 0.15) is 22.5 Å². The van der Waals surface area contributed by atoms with Gasteiger partial charge in [0.05, 0.1) is 0 Å². The Morgan fingerprint density at radius 2 is 1.64 bits per heavy atom. The molecule has 36 heavy (non-hydrogen) atoms. The van der Waals surface area contributed by atoms with E-state index in [9.17, 15) is 9.18 Å². The van der Waals surface area contributed by atoms with E-state index in [0.29, 0.717) is 11.3 Å². The number of aryl methyl sites for hydroxylation is 2. The van der Waals surface area contributed by atoms with Crippen LogP contribution in [-0.2, 0) is 15.1 Å². The Balaban J connectivity index is 1.35. The minimum atomic E-state index is -0.968. The smallest absolute Gasteiger partial charge is 0.345 e. The summed E-state index contributed by atoms with van der Waals surface area (Å²) in [5.41, 5.74) is 1.56. The molecule has 0 aliphatic heterocycles. The van der Waals surface area contributed by atoms with Gasteiger partial charge in [0, 0.05) is 34.1 Å². The van der Waals surface area contributed by atoms with Gasteiger partial charge in [-0.25, -0.2) is 9.18 Å². The molecule has 0 aliphatic rings. The van der Waals surface area contributed by atoms with E-state index in [0.717, 1.165) is 11.1 Å². The third-order valence-electron chi connectivity index (χ3n) is 6.45. The molecular weight excluding hydrogens is 471 g/mol. The van der Waals surface area contributed by atoms with Gasteiger partial charge in [0.15, 0.2) is 16.2 Å². The molecule has 0 fully saturated rings. The summed E-state index contributed by atoms with van der Waals surface area (Å²) >= 11 is 0. The van der Waals surface area contributed by atoms with Gasteiger partial charge < -0.3 is 9.47 Å². The Labute approximate surface area is 213 Å². The summed E-state index contributed by atoms with van der Waals surface area (Å²) in [6.07, 6.45) is 0. The topological polar surface area (TPSA) is 35.5 Å². The van der Waals surface area contributed by atoms with Crippen molar-refractivity contribution in [1.82, 2.24) is 0 Å². The molecule has 0 saturated heterocycles. The number of carbonyl (C=O) groups excluding carboxylic acids is 1. The summed E-state index contributed by atoms with van der Waals surface area (Å²) in [4.78, 5) is 13.8. The molecule has 1 atom stereocenters. The molecule has 1 unspecified atom stereocenters. The first-order valence-corrected chi connectivity index (χ1v) is 13.2. The number of ether oxygens (including phenoxy) is 2. The van der Waals surface area contributed by atoms with Crippen LogP contribution < -0.4 is 4.74 Å². The quantitative estimate of drug-likeness (QED) is 0.174. The van der Waals surface area contributed by atoms with Gasteiger partial charge in [-0.3, -0.25) is 0 Å². The molecule has 1 aromatic heterocycles. The van der Waals surface area contributed by atoms with Gasteiger partial charge in [0.2, 0.25) is 0 Å². The van der Waals surface area contributed by atoms with Crippen molar-refractivity contribution >= 4 is 37.3 Å². The molecule has 4 aromatic carbocycles. The molecule has 5 rings (SSSR count). The van der Waals surface area contributed by atoms with Crippen LogP contribution in [0.1, 0.15) is 30.5 Å². The third-order valence-corrected chi connectivity index (χ3v) is 8.43. The van der Waals surface area contributed by atoms with Crippen LogP contribution in [0.5, 0.6) is 5.75 Å². The SMILES string of the molecule is Cc1cc(-[s+]2ccc3c4ccccc4ccc32)cc(C)c1OCC(=O)OC(C)(C)c1cccc(F)c1. The van der Waals surface area contributed by atoms with E-state index in [1.165, 1.54) is 37.9 Å². The van der Waals surface area contributed by atoms with Crippen LogP contribution in [0, 0.1) is 19.7 Å². The Kier molecular flexibility index (Phi) is 6.27. The molecule has 0 amide bonds. The lowest BCUT2D eigenvalue weighted by Gasteiger charge is -2.26. The fraction of sp³-hybridized carbons (Fsp3) is 0.194. The van der Waals surface area contributed by atoms with E-state index in [1.807, 2.05) is 13.8 Å². The second-order valence-electron chi connectivity index (χ2n) is 9.51. The molecule has 5 aromatic rings. The number of benzene rings is 4. The van der Waals surface area contributed by atoms with Gasteiger partial charge in [-0.15, -0.1) is 0 Å². The zero-order valence-electron chi connectivity index (χ0n) is 20.8. The molecule has 0 saturated carbocycles. The first kappa shape index (κ1) is 24.0. The lowest BCUT2D eigenvalue weighted by Crippen LogP contribution is -2.28. The summed E-state index contributed by atoms with van der Waals surface area (Å²) in [7, 11) is -0.158. The van der Waals surface area contributed by atoms with Crippen LogP contribution in [0.15, 0.2) is 84.2 Å². The molecule has 0 aliphatic carbocycles. The van der Waals surface area contributed by atoms with Gasteiger partial charge in [-0.1, -0.05) is 36.4 Å². The zero-order chi connectivity index (χ0) is 25.4. The van der Waals surface area contributed by atoms with Crippen LogP contribution in [0.3, 0.4) is 0 Å². The fourth-order valence-electron chi connectivity index (χ4n) is 4.69. The zero-order valence-corrected chi connectivity index (χ0v) is 21.6. The highest BCUT2D eigenvalue weighted by Gasteiger charge is 2.26. The van der Waals surface area contributed by atoms with E-state index in [4.69, 9.17) is 9.47 Å². The predicted octanol–water partition coefficient (Wildman–Crippen LogP) is 8.34. The van der Waals surface area contributed by atoms with Crippen LogP contribution >= 0.6 is 10.5 Å². The van der Waals surface area contributed by atoms with Crippen LogP contribution in [0.2, 0.25) is 0 Å². The number of rotatable bonds is 6. The van der Waals surface area contributed by atoms with Crippen molar-refractivity contribution in [1.29, 1.82) is 0 Å². The maximum atomic E-state index is 13.6. The Bertz CT molecular complexity index is 1580. The first-order valence-electron chi connectivity index (χ1n) is 11.9. The highest BCUT2D eigenvalue weighted by Crippen LogP contribution is 2.44. The van der Waals surface area contributed by atoms with Crippen molar-refractivity contribution in [2.45, 2.75) is 33.3 Å². The minimum Gasteiger partial charge on any atom is -0.481 e. The molecule has 182 valence electrons. The van der Waals surface area contributed by atoms with Crippen LogP contribution in [0.4, 0.5) is 4.39 Å². The summed E-state index contributed by atoms with van der Waals surface area (Å²) in [5, 5.41) is 6.08. The van der Waals surface area contributed by atoms with Crippen molar-refractivity contribution in [3.8, 4) is 10.6 Å². The normalized spacial score (nSPS) is 12.2. The van der Waals surface area contributed by atoms with Crippen molar-refractivity contribution in [2.24, 2.45) is 0 Å². The summed E-state index contributed by atoms with van der Waals surface area (Å²) in [6.45, 7) is 7.25. The van der Waals surface area contributed by atoms with Gasteiger partial charge in [0.25, 0.3) is 0 Å². The molecule has 1 heterocycles. The van der Waals surface area contributed by atoms with E-state index < -0.39 is 11.6 Å². The number of esters is 1. The second-order valence-corrected chi connectivity index (χ2v) is 11.4. The predicted molar refractivity (Wildman–Crippen MR) is 146 cm³/mol. The van der Waals surface area contributed by atoms with E-state index >= 15 is 0 Å². The first-order chi connectivity index (χ1) is 17.2. The number of thiophene rings is 1. The average Bonchev–Trinajstić information content (AvgIpc) is 3.28. The molecular formula is C31H28FO3S+. The fourth-order valence-corrected chi connectivity index (χ4v) is 6.75. The molecule has 3 nitrogen and oxygen atoms in total. The molecule has 0 N–H and O–H groups in total. The lowest BCUT2D eigenvalue weighted by atomic mass is 9.98. The van der Waals surface area contributed by atoms with Gasteiger partial charge in [-0.05, 0) is 79.4 Å². The van der Waals surface area contributed by atoms with Crippen molar-refractivity contribution in [3.63, 3.8) is 0 Å². The molecule has 5 heteroatoms. The monoisotopic (exact) mass is 499 g/mol. The highest BCUT2D eigenvalue weighted by molar-refractivity contribution is 7.43. The third kappa shape index (κ3) is 4.59. The van der Waals surface area contributed by atoms with Crippen LogP contribution in [-0.4, -0.2) is 12.6 Å². The largest absolute Gasteiger partial charge is 0.481 e. The van der Waals surface area contributed by atoms with E-state index in [2.05, 4.69) is 60.0 Å². The Morgan fingerprint density at radius 3 is 2.39 bits per heavy atom. The summed E-state index contributed by atoms with van der Waals surface area (Å²) < 4.78 is 26.5. The lowest BCUT2D eigenvalue weighted by molar-refractivity contribution is -0.159. The molecule has 0 spiro atoms. The van der Waals surface area contributed by atoms with Crippen LogP contribution in [0.25, 0.3) is 25.8 Å². The minimum absolute atomic E-state index is 0.158. The Morgan fingerprint density at radius 1 is 0.889 bits per heavy atom. The average molecular weight is 500 g/mol. The molecule has 0 bridgehead atoms. The maximum Gasteiger partial charge on any atom is 0.345 e. The van der Waals surface area contributed by atoms with E-state index in [1.54, 1.807) is 26.0 Å². The number of fused-ring (bicyclic) bond motifs is 3. The number of hydrogen-bond acceptors (Lipinski definition) is 3. The number of halogens is 1. The van der Waals surface area contributed by atoms with Crippen molar-refractivity contribution in [3.05, 3.63) is 107 Å². The summed E-state index contributed by atoms with van der Waals surface area (Å²) in [6, 6.07) is 25.5.